The van der Waals surface area contributed by atoms with Gasteiger partial charge in [0.2, 0.25) is 0 Å². The Bertz CT molecular complexity index is 517. The van der Waals surface area contributed by atoms with Crippen LogP contribution in [0.2, 0.25) is 0 Å². The second kappa shape index (κ2) is 14.8. The number of aliphatic carboxylic acids is 1. The number of carboxylic acid groups (broad SMARTS) is 1. The van der Waals surface area contributed by atoms with Gasteiger partial charge in [-0.3, -0.25) is 4.79 Å². The lowest BCUT2D eigenvalue weighted by Gasteiger charge is -2.19. The Morgan fingerprint density at radius 2 is 2.00 bits per heavy atom. The molecule has 0 aliphatic heterocycles. The molecule has 1 rings (SSSR count). The third-order valence-electron chi connectivity index (χ3n) is 5.16. The summed E-state index contributed by atoms with van der Waals surface area (Å²) in [5, 5.41) is 27.3. The summed E-state index contributed by atoms with van der Waals surface area (Å²) in [6, 6.07) is 0. The van der Waals surface area contributed by atoms with E-state index < -0.39 is 12.1 Å². The summed E-state index contributed by atoms with van der Waals surface area (Å²) >= 11 is 1.68. The lowest BCUT2D eigenvalue weighted by molar-refractivity contribution is -0.146. The van der Waals surface area contributed by atoms with Crippen molar-refractivity contribution >= 4 is 23.5 Å². The summed E-state index contributed by atoms with van der Waals surface area (Å²) in [5.41, 5.74) is 0. The van der Waals surface area contributed by atoms with Crippen molar-refractivity contribution in [1.29, 1.82) is 0 Å². The number of hydrogen-bond acceptors (Lipinski definition) is 5. The Kier molecular flexibility index (Phi) is 13.2. The van der Waals surface area contributed by atoms with Gasteiger partial charge in [-0.25, -0.2) is 4.79 Å². The molecule has 0 aromatic rings. The van der Waals surface area contributed by atoms with Gasteiger partial charge in [-0.2, -0.15) is 11.8 Å². The molecule has 160 valence electrons. The second-order valence-corrected chi connectivity index (χ2v) is 8.75. The summed E-state index contributed by atoms with van der Waals surface area (Å²) in [7, 11) is 0. The van der Waals surface area contributed by atoms with Gasteiger partial charge in [0.05, 0.1) is 6.61 Å². The van der Waals surface area contributed by atoms with Crippen LogP contribution in [0.5, 0.6) is 0 Å². The maximum atomic E-state index is 12.5. The first-order valence-electron chi connectivity index (χ1n) is 10.5. The van der Waals surface area contributed by atoms with Crippen molar-refractivity contribution in [2.45, 2.75) is 76.1 Å². The molecular weight excluding hydrogens is 376 g/mol. The molecule has 5 nitrogen and oxygen atoms in total. The van der Waals surface area contributed by atoms with E-state index >= 15 is 0 Å². The third-order valence-corrected chi connectivity index (χ3v) is 6.49. The highest BCUT2D eigenvalue weighted by atomic mass is 32.2. The number of carboxylic acids is 1. The number of unbranched alkanes of at least 4 members (excludes halogenated alkanes) is 4. The molecule has 0 unspecified atom stereocenters. The fourth-order valence-electron chi connectivity index (χ4n) is 3.56. The Labute approximate surface area is 173 Å². The van der Waals surface area contributed by atoms with Crippen molar-refractivity contribution in [2.24, 2.45) is 11.8 Å². The molecule has 1 fully saturated rings. The predicted molar refractivity (Wildman–Crippen MR) is 114 cm³/mol. The minimum atomic E-state index is -1.33. The van der Waals surface area contributed by atoms with Gasteiger partial charge in [0.1, 0.15) is 5.78 Å². The molecular formula is C22H36O5S. The number of carbonyl (C=O) groups is 2. The fraction of sp³-hybridized carbons (Fsp3) is 0.727. The summed E-state index contributed by atoms with van der Waals surface area (Å²) in [5.74, 6) is -0.152. The highest BCUT2D eigenvalue weighted by Crippen LogP contribution is 2.40. The molecule has 0 aromatic carbocycles. The van der Waals surface area contributed by atoms with Crippen LogP contribution in [-0.4, -0.2) is 50.8 Å². The minimum absolute atomic E-state index is 0.0521. The number of allylic oxidation sites excluding steroid dienone is 4. The Balaban J connectivity index is 2.58. The number of ketones is 1. The monoisotopic (exact) mass is 412 g/mol. The number of rotatable bonds is 15. The van der Waals surface area contributed by atoms with E-state index in [4.69, 9.17) is 10.2 Å². The quantitative estimate of drug-likeness (QED) is 0.278. The molecule has 4 atom stereocenters. The Morgan fingerprint density at radius 3 is 2.68 bits per heavy atom. The Morgan fingerprint density at radius 1 is 1.21 bits per heavy atom. The van der Waals surface area contributed by atoms with Crippen molar-refractivity contribution < 1.29 is 24.9 Å². The van der Waals surface area contributed by atoms with Crippen LogP contribution in [0.3, 0.4) is 0 Å². The van der Waals surface area contributed by atoms with Crippen LogP contribution in [0.25, 0.3) is 0 Å². The van der Waals surface area contributed by atoms with Crippen LogP contribution in [0.4, 0.5) is 0 Å². The first-order valence-corrected chi connectivity index (χ1v) is 11.5. The molecule has 1 aliphatic rings. The molecule has 28 heavy (non-hydrogen) atoms. The standard InChI is InChI=1S/C22H36O5S/c1-2-3-4-5-6-8-12-18-17(20(25)16-21(18)28-15-14-23)11-9-7-10-13-19(24)22(26)27/h7-9,12,17-19,21,23-24H,2-6,10-11,13-16H2,1H3,(H,26,27)/t17-,18-,19+,21-/m1/s1. The molecule has 0 bridgehead atoms. The highest BCUT2D eigenvalue weighted by molar-refractivity contribution is 8.00. The van der Waals surface area contributed by atoms with Crippen LogP contribution >= 0.6 is 11.8 Å². The normalized spacial score (nSPS) is 23.8. The molecule has 1 aliphatic carbocycles. The predicted octanol–water partition coefficient (Wildman–Crippen LogP) is 3.98. The largest absolute Gasteiger partial charge is 0.479 e. The Hall–Kier alpha value is -1.11. The SMILES string of the molecule is CCCCCCC=C[C@H]1[C@H](SCCO)CC(=O)[C@@H]1CC=CCC[C@H](O)C(=O)O. The number of aliphatic hydroxyl groups excluding tert-OH is 2. The smallest absolute Gasteiger partial charge is 0.332 e. The molecule has 0 radical (unpaired) electrons. The molecule has 1 saturated carbocycles. The molecule has 0 saturated heterocycles. The van der Waals surface area contributed by atoms with Crippen LogP contribution in [0, 0.1) is 11.8 Å². The van der Waals surface area contributed by atoms with Gasteiger partial charge in [0, 0.05) is 23.3 Å². The van der Waals surface area contributed by atoms with Crippen molar-refractivity contribution in [1.82, 2.24) is 0 Å². The average molecular weight is 413 g/mol. The van der Waals surface area contributed by atoms with E-state index in [-0.39, 0.29) is 35.9 Å². The number of Topliss-reactive ketones (excluding diaryl/α,β-unsaturated/α-hetero) is 1. The zero-order valence-corrected chi connectivity index (χ0v) is 17.8. The molecule has 6 heteroatoms. The van der Waals surface area contributed by atoms with Gasteiger partial charge in [0.25, 0.3) is 0 Å². The molecule has 0 aromatic heterocycles. The zero-order valence-electron chi connectivity index (χ0n) is 17.0. The minimum Gasteiger partial charge on any atom is -0.479 e. The van der Waals surface area contributed by atoms with Gasteiger partial charge < -0.3 is 15.3 Å². The fourth-order valence-corrected chi connectivity index (χ4v) is 4.75. The van der Waals surface area contributed by atoms with Crippen LogP contribution in [-0.2, 0) is 9.59 Å². The van der Waals surface area contributed by atoms with E-state index in [2.05, 4.69) is 19.1 Å². The molecule has 0 spiro atoms. The molecule has 0 heterocycles. The van der Waals surface area contributed by atoms with E-state index in [1.54, 1.807) is 11.8 Å². The number of thioether (sulfide) groups is 1. The van der Waals surface area contributed by atoms with E-state index in [1.165, 1.54) is 25.7 Å². The number of hydrogen-bond donors (Lipinski definition) is 3. The van der Waals surface area contributed by atoms with Crippen molar-refractivity contribution in [3.8, 4) is 0 Å². The summed E-state index contributed by atoms with van der Waals surface area (Å²) < 4.78 is 0. The summed E-state index contributed by atoms with van der Waals surface area (Å²) in [6.07, 6.45) is 14.7. The van der Waals surface area contributed by atoms with E-state index in [0.29, 0.717) is 25.0 Å². The third kappa shape index (κ3) is 9.39. The van der Waals surface area contributed by atoms with Crippen LogP contribution < -0.4 is 0 Å². The maximum absolute atomic E-state index is 12.5. The second-order valence-electron chi connectivity index (χ2n) is 7.40. The van der Waals surface area contributed by atoms with Crippen molar-refractivity contribution in [3.05, 3.63) is 24.3 Å². The first kappa shape index (κ1) is 24.9. The zero-order chi connectivity index (χ0) is 20.8. The van der Waals surface area contributed by atoms with Gasteiger partial charge in [-0.1, -0.05) is 50.5 Å². The number of aliphatic hydroxyl groups is 2. The van der Waals surface area contributed by atoms with Gasteiger partial charge in [-0.05, 0) is 38.0 Å². The van der Waals surface area contributed by atoms with Gasteiger partial charge in [0.15, 0.2) is 6.10 Å². The lowest BCUT2D eigenvalue weighted by Crippen LogP contribution is -2.18. The van der Waals surface area contributed by atoms with E-state index in [0.717, 1.165) is 6.42 Å². The first-order chi connectivity index (χ1) is 13.5. The highest BCUT2D eigenvalue weighted by Gasteiger charge is 2.40. The number of carbonyl (C=O) groups excluding carboxylic acids is 1. The molecule has 0 amide bonds. The van der Waals surface area contributed by atoms with Crippen LogP contribution in [0.15, 0.2) is 24.3 Å². The van der Waals surface area contributed by atoms with Gasteiger partial charge in [-0.15, -0.1) is 0 Å². The molecule has 3 N–H and O–H groups in total. The van der Waals surface area contributed by atoms with Crippen molar-refractivity contribution in [3.63, 3.8) is 0 Å². The van der Waals surface area contributed by atoms with E-state index in [1.807, 2.05) is 12.2 Å². The maximum Gasteiger partial charge on any atom is 0.332 e. The topological polar surface area (TPSA) is 94.8 Å². The summed E-state index contributed by atoms with van der Waals surface area (Å²) in [6.45, 7) is 2.32. The van der Waals surface area contributed by atoms with Gasteiger partial charge >= 0.3 is 5.97 Å². The summed E-state index contributed by atoms with van der Waals surface area (Å²) in [4.78, 5) is 23.1. The van der Waals surface area contributed by atoms with Crippen molar-refractivity contribution in [2.75, 3.05) is 12.4 Å². The average Bonchev–Trinajstić information content (AvgIpc) is 2.97. The lowest BCUT2D eigenvalue weighted by atomic mass is 9.91. The van der Waals surface area contributed by atoms with E-state index in [9.17, 15) is 14.7 Å². The van der Waals surface area contributed by atoms with Crippen LogP contribution in [0.1, 0.15) is 64.7 Å².